The largest absolute Gasteiger partial charge is 0.493 e. The van der Waals surface area contributed by atoms with Crippen molar-refractivity contribution in [3.8, 4) is 11.5 Å². The number of aromatic nitrogens is 2. The Bertz CT molecular complexity index is 699. The highest BCUT2D eigenvalue weighted by molar-refractivity contribution is 6.04. The molecule has 1 aliphatic rings. The van der Waals surface area contributed by atoms with Crippen LogP contribution in [0.5, 0.6) is 11.5 Å². The fourth-order valence-electron chi connectivity index (χ4n) is 2.05. The molecule has 0 bridgehead atoms. The number of hydrogen-bond acceptors (Lipinski definition) is 6. The van der Waals surface area contributed by atoms with Gasteiger partial charge in [0.15, 0.2) is 11.5 Å². The molecule has 0 unspecified atom stereocenters. The summed E-state index contributed by atoms with van der Waals surface area (Å²) >= 11 is 0. The van der Waals surface area contributed by atoms with Crippen LogP contribution in [0.25, 0.3) is 0 Å². The lowest BCUT2D eigenvalue weighted by Gasteiger charge is -2.10. The van der Waals surface area contributed by atoms with Crippen LogP contribution >= 0.6 is 0 Å². The fraction of sp³-hybridized carbons (Fsp3) is 0.312. The number of carbonyl (C=O) groups excluding carboxylic acids is 1. The molecule has 1 aromatic heterocycles. The second-order valence-electron chi connectivity index (χ2n) is 5.24. The highest BCUT2D eigenvalue weighted by Crippen LogP contribution is 2.29. The molecule has 7 heteroatoms. The van der Waals surface area contributed by atoms with Crippen LogP contribution in [0, 0.1) is 0 Å². The maximum Gasteiger partial charge on any atom is 0.258 e. The number of rotatable bonds is 6. The van der Waals surface area contributed by atoms with Gasteiger partial charge >= 0.3 is 0 Å². The first-order valence-electron chi connectivity index (χ1n) is 7.31. The maximum atomic E-state index is 12.2. The predicted molar refractivity (Wildman–Crippen MR) is 86.2 cm³/mol. The summed E-state index contributed by atoms with van der Waals surface area (Å²) < 4.78 is 10.4. The zero-order valence-electron chi connectivity index (χ0n) is 13.0. The van der Waals surface area contributed by atoms with Crippen LogP contribution < -0.4 is 20.1 Å². The lowest BCUT2D eigenvalue weighted by atomic mass is 10.2. The van der Waals surface area contributed by atoms with E-state index >= 15 is 0 Å². The van der Waals surface area contributed by atoms with E-state index in [1.54, 1.807) is 32.4 Å². The van der Waals surface area contributed by atoms with Crippen LogP contribution in [0.4, 0.5) is 11.6 Å². The van der Waals surface area contributed by atoms with Crippen molar-refractivity contribution in [2.24, 2.45) is 0 Å². The molecule has 1 saturated carbocycles. The Morgan fingerprint density at radius 3 is 2.43 bits per heavy atom. The topological polar surface area (TPSA) is 85.4 Å². The van der Waals surface area contributed by atoms with Gasteiger partial charge in [0, 0.05) is 30.2 Å². The number of nitrogens with one attached hydrogen (secondary N) is 2. The first kappa shape index (κ1) is 15.1. The zero-order chi connectivity index (χ0) is 16.2. The number of benzene rings is 1. The van der Waals surface area contributed by atoms with Crippen molar-refractivity contribution in [3.63, 3.8) is 0 Å². The van der Waals surface area contributed by atoms with Gasteiger partial charge in [-0.2, -0.15) is 0 Å². The molecule has 120 valence electrons. The lowest BCUT2D eigenvalue weighted by molar-refractivity contribution is 0.102. The molecule has 0 saturated heterocycles. The van der Waals surface area contributed by atoms with E-state index in [2.05, 4.69) is 20.6 Å². The van der Waals surface area contributed by atoms with E-state index in [9.17, 15) is 4.79 Å². The lowest BCUT2D eigenvalue weighted by Crippen LogP contribution is -2.14. The van der Waals surface area contributed by atoms with Crippen LogP contribution in [0.1, 0.15) is 23.2 Å². The number of nitrogens with zero attached hydrogens (tertiary/aromatic N) is 2. The molecule has 0 radical (unpaired) electrons. The normalized spacial score (nSPS) is 13.3. The van der Waals surface area contributed by atoms with E-state index in [0.29, 0.717) is 34.7 Å². The van der Waals surface area contributed by atoms with Gasteiger partial charge in [0.2, 0.25) is 5.95 Å². The van der Waals surface area contributed by atoms with E-state index < -0.39 is 0 Å². The fourth-order valence-corrected chi connectivity index (χ4v) is 2.05. The molecule has 7 nitrogen and oxygen atoms in total. The van der Waals surface area contributed by atoms with Gasteiger partial charge in [0.1, 0.15) is 0 Å². The molecular weight excluding hydrogens is 296 g/mol. The summed E-state index contributed by atoms with van der Waals surface area (Å²) in [5.41, 5.74) is 0.994. The molecule has 2 N–H and O–H groups in total. The second-order valence-corrected chi connectivity index (χ2v) is 5.24. The maximum absolute atomic E-state index is 12.2. The van der Waals surface area contributed by atoms with Crippen molar-refractivity contribution in [2.45, 2.75) is 18.9 Å². The minimum absolute atomic E-state index is 0.282. The number of hydrogen-bond donors (Lipinski definition) is 2. The van der Waals surface area contributed by atoms with Gasteiger partial charge in [-0.25, -0.2) is 9.97 Å². The Kier molecular flexibility index (Phi) is 4.27. The summed E-state index contributed by atoms with van der Waals surface area (Å²) in [5.74, 6) is 1.42. The summed E-state index contributed by atoms with van der Waals surface area (Å²) in [6.07, 6.45) is 5.30. The van der Waals surface area contributed by atoms with E-state index in [1.165, 1.54) is 12.4 Å². The average molecular weight is 314 g/mol. The van der Waals surface area contributed by atoms with E-state index in [0.717, 1.165) is 12.8 Å². The monoisotopic (exact) mass is 314 g/mol. The van der Waals surface area contributed by atoms with Gasteiger partial charge in [0.05, 0.1) is 19.8 Å². The van der Waals surface area contributed by atoms with Crippen molar-refractivity contribution in [1.29, 1.82) is 0 Å². The molecule has 1 aromatic carbocycles. The Morgan fingerprint density at radius 1 is 1.13 bits per heavy atom. The number of carbonyl (C=O) groups is 1. The highest BCUT2D eigenvalue weighted by Gasteiger charge is 2.21. The third-order valence-corrected chi connectivity index (χ3v) is 3.47. The minimum Gasteiger partial charge on any atom is -0.493 e. The minimum atomic E-state index is -0.282. The van der Waals surface area contributed by atoms with E-state index in [4.69, 9.17) is 9.47 Å². The molecule has 0 aliphatic heterocycles. The van der Waals surface area contributed by atoms with Gasteiger partial charge in [-0.3, -0.25) is 4.79 Å². The zero-order valence-corrected chi connectivity index (χ0v) is 13.0. The van der Waals surface area contributed by atoms with Gasteiger partial charge < -0.3 is 20.1 Å². The number of anilines is 2. The summed E-state index contributed by atoms with van der Waals surface area (Å²) in [6.45, 7) is 0. The molecule has 1 amide bonds. The Hall–Kier alpha value is -2.83. The van der Waals surface area contributed by atoms with Crippen molar-refractivity contribution in [1.82, 2.24) is 9.97 Å². The molecule has 23 heavy (non-hydrogen) atoms. The van der Waals surface area contributed by atoms with E-state index in [-0.39, 0.29) is 5.91 Å². The molecular formula is C16H18N4O3. The molecule has 1 aliphatic carbocycles. The first-order chi connectivity index (χ1) is 11.2. The average Bonchev–Trinajstić information content (AvgIpc) is 3.39. The van der Waals surface area contributed by atoms with Crippen LogP contribution in [-0.4, -0.2) is 36.1 Å². The predicted octanol–water partition coefficient (Wildman–Crippen LogP) is 2.32. The summed E-state index contributed by atoms with van der Waals surface area (Å²) in [7, 11) is 3.10. The quantitative estimate of drug-likeness (QED) is 0.851. The van der Waals surface area contributed by atoms with Crippen molar-refractivity contribution in [2.75, 3.05) is 24.9 Å². The third-order valence-electron chi connectivity index (χ3n) is 3.47. The smallest absolute Gasteiger partial charge is 0.258 e. The van der Waals surface area contributed by atoms with Crippen molar-refractivity contribution in [3.05, 3.63) is 36.2 Å². The number of ether oxygens (including phenoxy) is 2. The summed E-state index contributed by atoms with van der Waals surface area (Å²) in [6, 6.07) is 5.64. The molecule has 0 atom stereocenters. The molecule has 3 rings (SSSR count). The first-order valence-corrected chi connectivity index (χ1v) is 7.31. The standard InChI is InChI=1S/C16H18N4O3/c1-22-13-6-5-12(7-14(13)23-2)19-15(21)10-8-17-16(18-9-10)20-11-3-4-11/h5-9,11H,3-4H2,1-2H3,(H,19,21)(H,17,18,20). The van der Waals surface area contributed by atoms with Crippen LogP contribution in [0.15, 0.2) is 30.6 Å². The number of methoxy groups -OCH3 is 2. The van der Waals surface area contributed by atoms with Crippen molar-refractivity contribution >= 4 is 17.5 Å². The summed E-state index contributed by atoms with van der Waals surface area (Å²) in [4.78, 5) is 20.5. The Morgan fingerprint density at radius 2 is 1.83 bits per heavy atom. The van der Waals surface area contributed by atoms with Crippen LogP contribution in [0.2, 0.25) is 0 Å². The number of amides is 1. The van der Waals surface area contributed by atoms with E-state index in [1.807, 2.05) is 0 Å². The molecule has 2 aromatic rings. The van der Waals surface area contributed by atoms with Gasteiger partial charge in [-0.1, -0.05) is 0 Å². The SMILES string of the molecule is COc1ccc(NC(=O)c2cnc(NC3CC3)nc2)cc1OC. The second kappa shape index (κ2) is 6.51. The molecule has 1 heterocycles. The van der Waals surface area contributed by atoms with Crippen LogP contribution in [-0.2, 0) is 0 Å². The summed E-state index contributed by atoms with van der Waals surface area (Å²) in [5, 5.41) is 5.96. The van der Waals surface area contributed by atoms with Crippen LogP contribution in [0.3, 0.4) is 0 Å². The molecule has 1 fully saturated rings. The Balaban J connectivity index is 1.68. The molecule has 0 spiro atoms. The highest BCUT2D eigenvalue weighted by atomic mass is 16.5. The third kappa shape index (κ3) is 3.68. The van der Waals surface area contributed by atoms with Gasteiger partial charge in [-0.15, -0.1) is 0 Å². The van der Waals surface area contributed by atoms with Gasteiger partial charge in [-0.05, 0) is 25.0 Å². The van der Waals surface area contributed by atoms with Gasteiger partial charge in [0.25, 0.3) is 5.91 Å². The van der Waals surface area contributed by atoms with Crippen molar-refractivity contribution < 1.29 is 14.3 Å². The Labute approximate surface area is 134 Å².